The summed E-state index contributed by atoms with van der Waals surface area (Å²) in [7, 11) is 1.44. The van der Waals surface area contributed by atoms with Crippen molar-refractivity contribution in [3.63, 3.8) is 0 Å². The van der Waals surface area contributed by atoms with Crippen LogP contribution in [0.3, 0.4) is 0 Å². The molecule has 1 aliphatic rings. The van der Waals surface area contributed by atoms with Gasteiger partial charge < -0.3 is 9.30 Å². The number of ether oxygens (including phenoxy) is 1. The molecule has 0 radical (unpaired) electrons. The van der Waals surface area contributed by atoms with Gasteiger partial charge in [0, 0.05) is 17.9 Å². The van der Waals surface area contributed by atoms with Gasteiger partial charge in [0.05, 0.1) is 13.5 Å². The fourth-order valence-electron chi connectivity index (χ4n) is 2.25. The van der Waals surface area contributed by atoms with Crippen molar-refractivity contribution >= 4 is 5.97 Å². The Bertz CT molecular complexity index is 368. The first-order valence-electron chi connectivity index (χ1n) is 5.45. The molecule has 0 saturated carbocycles. The molecule has 1 atom stereocenters. The second kappa shape index (κ2) is 4.09. The van der Waals surface area contributed by atoms with Gasteiger partial charge >= 0.3 is 5.97 Å². The van der Waals surface area contributed by atoms with Gasteiger partial charge in [-0.25, -0.2) is 0 Å². The molecule has 3 heteroatoms. The van der Waals surface area contributed by atoms with Crippen molar-refractivity contribution in [1.82, 2.24) is 4.57 Å². The number of methoxy groups -OCH3 is 1. The van der Waals surface area contributed by atoms with Crippen molar-refractivity contribution in [1.29, 1.82) is 0 Å². The summed E-state index contributed by atoms with van der Waals surface area (Å²) in [6, 6.07) is 4.31. The van der Waals surface area contributed by atoms with Gasteiger partial charge in [-0.1, -0.05) is 6.92 Å². The van der Waals surface area contributed by atoms with Crippen LogP contribution in [0.2, 0.25) is 0 Å². The molecule has 0 aliphatic carbocycles. The van der Waals surface area contributed by atoms with Crippen molar-refractivity contribution in [2.24, 2.45) is 5.92 Å². The van der Waals surface area contributed by atoms with E-state index in [2.05, 4.69) is 28.4 Å². The van der Waals surface area contributed by atoms with Gasteiger partial charge in [-0.3, -0.25) is 4.79 Å². The highest BCUT2D eigenvalue weighted by Crippen LogP contribution is 2.24. The van der Waals surface area contributed by atoms with E-state index in [9.17, 15) is 4.79 Å². The second-order valence-corrected chi connectivity index (χ2v) is 4.31. The smallest absolute Gasteiger partial charge is 0.305 e. The minimum Gasteiger partial charge on any atom is -0.469 e. The number of fused-ring (bicyclic) bond motifs is 1. The van der Waals surface area contributed by atoms with Gasteiger partial charge in [-0.15, -0.1) is 0 Å². The quantitative estimate of drug-likeness (QED) is 0.707. The van der Waals surface area contributed by atoms with Gasteiger partial charge in [-0.05, 0) is 30.9 Å². The van der Waals surface area contributed by atoms with Crippen LogP contribution in [0.4, 0.5) is 0 Å². The lowest BCUT2D eigenvalue weighted by Gasteiger charge is -2.06. The minimum atomic E-state index is -0.128. The van der Waals surface area contributed by atoms with Crippen LogP contribution >= 0.6 is 0 Å². The van der Waals surface area contributed by atoms with Gasteiger partial charge in [0.25, 0.3) is 0 Å². The van der Waals surface area contributed by atoms with Crippen molar-refractivity contribution in [3.8, 4) is 0 Å². The zero-order chi connectivity index (χ0) is 10.8. The maximum Gasteiger partial charge on any atom is 0.305 e. The molecule has 1 aromatic rings. The summed E-state index contributed by atoms with van der Waals surface area (Å²) in [5.74, 6) is 0.606. The Labute approximate surface area is 90.0 Å². The number of aromatic nitrogens is 1. The molecule has 0 bridgehead atoms. The summed E-state index contributed by atoms with van der Waals surface area (Å²) >= 11 is 0. The molecule has 0 aromatic carbocycles. The Morgan fingerprint density at radius 3 is 3.13 bits per heavy atom. The van der Waals surface area contributed by atoms with Crippen molar-refractivity contribution in [2.45, 2.75) is 32.7 Å². The molecule has 0 fully saturated rings. The number of hydrogen-bond acceptors (Lipinski definition) is 2. The Morgan fingerprint density at radius 1 is 1.60 bits per heavy atom. The first-order valence-corrected chi connectivity index (χ1v) is 5.45. The maximum absolute atomic E-state index is 11.0. The predicted molar refractivity (Wildman–Crippen MR) is 57.6 cm³/mol. The maximum atomic E-state index is 11.0. The van der Waals surface area contributed by atoms with Crippen LogP contribution in [0.25, 0.3) is 0 Å². The van der Waals surface area contributed by atoms with E-state index in [1.165, 1.54) is 18.5 Å². The Hall–Kier alpha value is -1.25. The molecule has 0 spiro atoms. The van der Waals surface area contributed by atoms with Crippen LogP contribution in [-0.2, 0) is 28.9 Å². The van der Waals surface area contributed by atoms with E-state index < -0.39 is 0 Å². The molecule has 0 amide bonds. The van der Waals surface area contributed by atoms with Crippen LogP contribution < -0.4 is 0 Å². The first kappa shape index (κ1) is 10.3. The fraction of sp³-hybridized carbons (Fsp3) is 0.583. The zero-order valence-corrected chi connectivity index (χ0v) is 9.32. The minimum absolute atomic E-state index is 0.128. The SMILES string of the molecule is COC(=O)CCc1ccc2n1CC(C)C2. The molecule has 2 rings (SSSR count). The summed E-state index contributed by atoms with van der Waals surface area (Å²) in [5.41, 5.74) is 2.67. The number of carbonyl (C=O) groups is 1. The first-order chi connectivity index (χ1) is 7.20. The Balaban J connectivity index is 2.02. The van der Waals surface area contributed by atoms with E-state index in [4.69, 9.17) is 0 Å². The average molecular weight is 207 g/mol. The van der Waals surface area contributed by atoms with Crippen molar-refractivity contribution < 1.29 is 9.53 Å². The van der Waals surface area contributed by atoms with E-state index in [-0.39, 0.29) is 5.97 Å². The number of rotatable bonds is 3. The lowest BCUT2D eigenvalue weighted by molar-refractivity contribution is -0.140. The third-order valence-electron chi connectivity index (χ3n) is 3.03. The summed E-state index contributed by atoms with van der Waals surface area (Å²) < 4.78 is 6.98. The largest absolute Gasteiger partial charge is 0.469 e. The molecule has 3 nitrogen and oxygen atoms in total. The van der Waals surface area contributed by atoms with Crippen LogP contribution in [0, 0.1) is 5.92 Å². The monoisotopic (exact) mass is 207 g/mol. The number of aryl methyl sites for hydroxylation is 1. The summed E-state index contributed by atoms with van der Waals surface area (Å²) in [5, 5.41) is 0. The van der Waals surface area contributed by atoms with E-state index in [0.29, 0.717) is 6.42 Å². The van der Waals surface area contributed by atoms with Crippen LogP contribution in [0.1, 0.15) is 24.7 Å². The number of nitrogens with zero attached hydrogens (tertiary/aromatic N) is 1. The lowest BCUT2D eigenvalue weighted by Crippen LogP contribution is -2.06. The highest BCUT2D eigenvalue weighted by molar-refractivity contribution is 5.69. The lowest BCUT2D eigenvalue weighted by atomic mass is 10.1. The topological polar surface area (TPSA) is 31.2 Å². The van der Waals surface area contributed by atoms with E-state index in [0.717, 1.165) is 25.3 Å². The van der Waals surface area contributed by atoms with Gasteiger partial charge in [0.2, 0.25) is 0 Å². The Kier molecular flexibility index (Phi) is 2.80. The predicted octanol–water partition coefficient (Wildman–Crippen LogP) is 1.79. The molecule has 1 unspecified atom stereocenters. The molecular weight excluding hydrogens is 190 g/mol. The fourth-order valence-corrected chi connectivity index (χ4v) is 2.25. The van der Waals surface area contributed by atoms with Crippen LogP contribution in [0.15, 0.2) is 12.1 Å². The number of esters is 1. The molecule has 82 valence electrons. The third kappa shape index (κ3) is 2.06. The summed E-state index contributed by atoms with van der Waals surface area (Å²) in [6.45, 7) is 3.36. The summed E-state index contributed by atoms with van der Waals surface area (Å²) in [6.07, 6.45) is 2.44. The van der Waals surface area contributed by atoms with Gasteiger partial charge in [-0.2, -0.15) is 0 Å². The standard InChI is InChI=1S/C12H17NO2/c1-9-7-11-4-3-10(13(11)8-9)5-6-12(14)15-2/h3-4,9H,5-8H2,1-2H3. The van der Waals surface area contributed by atoms with E-state index in [1.54, 1.807) is 0 Å². The van der Waals surface area contributed by atoms with Crippen LogP contribution in [-0.4, -0.2) is 17.6 Å². The second-order valence-electron chi connectivity index (χ2n) is 4.31. The molecule has 0 saturated heterocycles. The molecule has 1 aliphatic heterocycles. The third-order valence-corrected chi connectivity index (χ3v) is 3.03. The van der Waals surface area contributed by atoms with Crippen LogP contribution in [0.5, 0.6) is 0 Å². The zero-order valence-electron chi connectivity index (χ0n) is 9.32. The van der Waals surface area contributed by atoms with Gasteiger partial charge in [0.15, 0.2) is 0 Å². The van der Waals surface area contributed by atoms with E-state index in [1.807, 2.05) is 0 Å². The van der Waals surface area contributed by atoms with Crippen molar-refractivity contribution in [3.05, 3.63) is 23.5 Å². The highest BCUT2D eigenvalue weighted by atomic mass is 16.5. The molecule has 15 heavy (non-hydrogen) atoms. The molecule has 1 aromatic heterocycles. The summed E-state index contributed by atoms with van der Waals surface area (Å²) in [4.78, 5) is 11.0. The molecule has 0 N–H and O–H groups in total. The molecule has 2 heterocycles. The van der Waals surface area contributed by atoms with Gasteiger partial charge in [0.1, 0.15) is 0 Å². The van der Waals surface area contributed by atoms with Crippen molar-refractivity contribution in [2.75, 3.05) is 7.11 Å². The normalized spacial score (nSPS) is 18.9. The molecular formula is C12H17NO2. The Morgan fingerprint density at radius 2 is 2.40 bits per heavy atom. The van der Waals surface area contributed by atoms with E-state index >= 15 is 0 Å². The number of hydrogen-bond donors (Lipinski definition) is 0. The average Bonchev–Trinajstić information content (AvgIpc) is 2.73. The number of carbonyl (C=O) groups excluding carboxylic acids is 1. The highest BCUT2D eigenvalue weighted by Gasteiger charge is 2.19.